The first-order chi connectivity index (χ1) is 7.23. The molecule has 1 atom stereocenters. The maximum atomic E-state index is 10.9. The summed E-state index contributed by atoms with van der Waals surface area (Å²) >= 11 is 0. The van der Waals surface area contributed by atoms with Gasteiger partial charge in [-0.1, -0.05) is 32.6 Å². The maximum absolute atomic E-state index is 10.9. The predicted octanol–water partition coefficient (Wildman–Crippen LogP) is 1.59. The highest BCUT2D eigenvalue weighted by Gasteiger charge is 2.32. The van der Waals surface area contributed by atoms with E-state index in [0.29, 0.717) is 0 Å². The van der Waals surface area contributed by atoms with Crippen molar-refractivity contribution in [2.24, 2.45) is 0 Å². The molecule has 87 valence electrons. The fourth-order valence-electron chi connectivity index (χ4n) is 2.14. The number of nitrogens with one attached hydrogen (secondary N) is 1. The number of rotatable bonds is 6. The topological polar surface area (TPSA) is 32.3 Å². The van der Waals surface area contributed by atoms with E-state index in [0.717, 1.165) is 32.5 Å². The van der Waals surface area contributed by atoms with Gasteiger partial charge in [-0.15, -0.1) is 0 Å². The summed E-state index contributed by atoms with van der Waals surface area (Å²) in [5.41, 5.74) is -0.201. The zero-order chi connectivity index (χ0) is 11.1. The smallest absolute Gasteiger partial charge is 0.210 e. The number of carbonyl (C=O) groups is 1. The molecule has 1 saturated heterocycles. The van der Waals surface area contributed by atoms with Crippen LogP contribution in [-0.4, -0.2) is 36.5 Å². The number of piperazine rings is 1. The molecule has 1 heterocycles. The lowest BCUT2D eigenvalue weighted by atomic mass is 9.91. The van der Waals surface area contributed by atoms with Crippen LogP contribution in [0, 0.1) is 6.92 Å². The Bertz CT molecular complexity index is 196. The molecule has 0 aromatic rings. The van der Waals surface area contributed by atoms with Gasteiger partial charge < -0.3 is 10.2 Å². The van der Waals surface area contributed by atoms with E-state index in [1.807, 2.05) is 4.90 Å². The van der Waals surface area contributed by atoms with Crippen molar-refractivity contribution < 1.29 is 4.79 Å². The van der Waals surface area contributed by atoms with Crippen LogP contribution in [0.15, 0.2) is 0 Å². The molecule has 0 saturated carbocycles. The van der Waals surface area contributed by atoms with Crippen molar-refractivity contribution in [1.29, 1.82) is 0 Å². The third kappa shape index (κ3) is 3.49. The Morgan fingerprint density at radius 3 is 2.93 bits per heavy atom. The lowest BCUT2D eigenvalue weighted by Crippen LogP contribution is -2.59. The van der Waals surface area contributed by atoms with Crippen LogP contribution in [0.25, 0.3) is 0 Å². The molecule has 15 heavy (non-hydrogen) atoms. The summed E-state index contributed by atoms with van der Waals surface area (Å²) in [4.78, 5) is 12.8. The lowest BCUT2D eigenvalue weighted by molar-refractivity contribution is -0.123. The van der Waals surface area contributed by atoms with Crippen LogP contribution in [0.2, 0.25) is 0 Å². The summed E-state index contributed by atoms with van der Waals surface area (Å²) in [6, 6.07) is 0. The van der Waals surface area contributed by atoms with Crippen molar-refractivity contribution in [1.82, 2.24) is 10.2 Å². The largest absolute Gasteiger partial charge is 0.337 e. The molecular weight excluding hydrogens is 188 g/mol. The number of carbonyl (C=O) groups excluding carboxylic acids is 1. The molecule has 1 unspecified atom stereocenters. The first-order valence-corrected chi connectivity index (χ1v) is 6.01. The van der Waals surface area contributed by atoms with Gasteiger partial charge in [0.15, 0.2) is 0 Å². The van der Waals surface area contributed by atoms with E-state index in [1.54, 1.807) is 0 Å². The minimum atomic E-state index is -0.201. The molecule has 0 aromatic heterocycles. The lowest BCUT2D eigenvalue weighted by Gasteiger charge is -2.43. The Labute approximate surface area is 93.2 Å². The van der Waals surface area contributed by atoms with Gasteiger partial charge in [0.2, 0.25) is 6.41 Å². The Kier molecular flexibility index (Phi) is 5.09. The van der Waals surface area contributed by atoms with Gasteiger partial charge in [0.25, 0.3) is 0 Å². The van der Waals surface area contributed by atoms with E-state index in [4.69, 9.17) is 0 Å². The molecule has 1 radical (unpaired) electrons. The van der Waals surface area contributed by atoms with Gasteiger partial charge in [0, 0.05) is 19.6 Å². The molecule has 1 amide bonds. The molecule has 1 aliphatic heterocycles. The molecule has 1 N–H and O–H groups in total. The van der Waals surface area contributed by atoms with Crippen molar-refractivity contribution in [3.8, 4) is 0 Å². The fourth-order valence-corrected chi connectivity index (χ4v) is 2.14. The molecule has 1 aliphatic rings. The quantitative estimate of drug-likeness (QED) is 0.534. The highest BCUT2D eigenvalue weighted by Crippen LogP contribution is 2.22. The molecular formula is C12H23N2O. The Hall–Kier alpha value is -0.570. The van der Waals surface area contributed by atoms with E-state index in [2.05, 4.69) is 19.2 Å². The second kappa shape index (κ2) is 6.11. The Morgan fingerprint density at radius 1 is 1.47 bits per heavy atom. The summed E-state index contributed by atoms with van der Waals surface area (Å²) in [5, 5.41) is 3.32. The second-order valence-corrected chi connectivity index (χ2v) is 4.51. The van der Waals surface area contributed by atoms with Crippen LogP contribution in [0.1, 0.15) is 39.0 Å². The number of unbranched alkanes of at least 4 members (excludes halogenated alkanes) is 3. The van der Waals surface area contributed by atoms with Crippen molar-refractivity contribution in [3.05, 3.63) is 6.92 Å². The maximum Gasteiger partial charge on any atom is 0.210 e. The highest BCUT2D eigenvalue weighted by molar-refractivity contribution is 5.50. The van der Waals surface area contributed by atoms with Crippen LogP contribution in [-0.2, 0) is 4.79 Å². The van der Waals surface area contributed by atoms with Crippen molar-refractivity contribution in [2.75, 3.05) is 19.6 Å². The van der Waals surface area contributed by atoms with E-state index in [1.165, 1.54) is 25.7 Å². The summed E-state index contributed by atoms with van der Waals surface area (Å²) in [6.07, 6.45) is 6.92. The van der Waals surface area contributed by atoms with E-state index >= 15 is 0 Å². The van der Waals surface area contributed by atoms with Gasteiger partial charge in [-0.3, -0.25) is 4.79 Å². The summed E-state index contributed by atoms with van der Waals surface area (Å²) < 4.78 is 0. The van der Waals surface area contributed by atoms with Crippen LogP contribution in [0.4, 0.5) is 0 Å². The van der Waals surface area contributed by atoms with E-state index in [-0.39, 0.29) is 5.54 Å². The third-order valence-electron chi connectivity index (χ3n) is 3.22. The molecule has 1 fully saturated rings. The monoisotopic (exact) mass is 211 g/mol. The molecule has 1 rings (SSSR count). The molecule has 0 aromatic carbocycles. The summed E-state index contributed by atoms with van der Waals surface area (Å²) in [6.45, 7) is 8.94. The van der Waals surface area contributed by atoms with Crippen LogP contribution < -0.4 is 5.32 Å². The Morgan fingerprint density at radius 2 is 2.27 bits per heavy atom. The van der Waals surface area contributed by atoms with Gasteiger partial charge in [-0.05, 0) is 13.3 Å². The molecule has 3 nitrogen and oxygen atoms in total. The average molecular weight is 211 g/mol. The van der Waals surface area contributed by atoms with Gasteiger partial charge >= 0.3 is 0 Å². The van der Waals surface area contributed by atoms with Gasteiger partial charge in [-0.25, -0.2) is 0 Å². The molecule has 0 aliphatic carbocycles. The van der Waals surface area contributed by atoms with Crippen molar-refractivity contribution in [3.63, 3.8) is 0 Å². The van der Waals surface area contributed by atoms with Crippen molar-refractivity contribution in [2.45, 2.75) is 44.6 Å². The second-order valence-electron chi connectivity index (χ2n) is 4.51. The SMILES string of the molecule is [CH2]C1(CCCCCC)CNCCN1C=O. The van der Waals surface area contributed by atoms with Crippen molar-refractivity contribution >= 4 is 6.41 Å². The summed E-state index contributed by atoms with van der Waals surface area (Å²) in [5.74, 6) is 0. The first-order valence-electron chi connectivity index (χ1n) is 6.01. The average Bonchev–Trinajstić information content (AvgIpc) is 2.25. The van der Waals surface area contributed by atoms with Crippen LogP contribution in [0.3, 0.4) is 0 Å². The fraction of sp³-hybridized carbons (Fsp3) is 0.833. The normalized spacial score (nSPS) is 26.7. The number of amides is 1. The first kappa shape index (κ1) is 12.5. The predicted molar refractivity (Wildman–Crippen MR) is 62.5 cm³/mol. The van der Waals surface area contributed by atoms with Gasteiger partial charge in [0.05, 0.1) is 5.54 Å². The zero-order valence-electron chi connectivity index (χ0n) is 9.80. The zero-order valence-corrected chi connectivity index (χ0v) is 9.80. The highest BCUT2D eigenvalue weighted by atomic mass is 16.1. The van der Waals surface area contributed by atoms with E-state index in [9.17, 15) is 4.79 Å². The van der Waals surface area contributed by atoms with Gasteiger partial charge in [0.1, 0.15) is 0 Å². The minimum Gasteiger partial charge on any atom is -0.337 e. The van der Waals surface area contributed by atoms with Gasteiger partial charge in [-0.2, -0.15) is 0 Å². The van der Waals surface area contributed by atoms with Crippen LogP contribution in [0.5, 0.6) is 0 Å². The Balaban J connectivity index is 2.36. The standard InChI is InChI=1S/C12H23N2O/c1-3-4-5-6-7-12(2)10-13-8-9-14(12)11-15/h11,13H,2-10H2,1H3. The summed E-state index contributed by atoms with van der Waals surface area (Å²) in [7, 11) is 0. The molecule has 0 bridgehead atoms. The minimum absolute atomic E-state index is 0.201. The third-order valence-corrected chi connectivity index (χ3v) is 3.22. The van der Waals surface area contributed by atoms with Crippen LogP contribution >= 0.6 is 0 Å². The van der Waals surface area contributed by atoms with E-state index < -0.39 is 0 Å². The molecule has 3 heteroatoms. The number of hydrogen-bond donors (Lipinski definition) is 1. The number of nitrogens with zero attached hydrogens (tertiary/aromatic N) is 1. The molecule has 0 spiro atoms. The number of hydrogen-bond acceptors (Lipinski definition) is 2.